The van der Waals surface area contributed by atoms with Gasteiger partial charge in [0.25, 0.3) is 5.78 Å². The minimum atomic E-state index is -1.02. The Morgan fingerprint density at radius 1 is 1.28 bits per heavy atom. The van der Waals surface area contributed by atoms with Crippen molar-refractivity contribution >= 4 is 17.5 Å². The fraction of sp³-hybridized carbons (Fsp3) is 0.231. The molecule has 0 amide bonds. The van der Waals surface area contributed by atoms with Crippen molar-refractivity contribution in [1.29, 1.82) is 0 Å². The number of benzene rings is 1. The van der Waals surface area contributed by atoms with Crippen LogP contribution in [-0.2, 0) is 14.3 Å². The third-order valence-electron chi connectivity index (χ3n) is 2.12. The summed E-state index contributed by atoms with van der Waals surface area (Å²) in [6, 6.07) is 6.49. The molecule has 0 unspecified atom stereocenters. The lowest BCUT2D eigenvalue weighted by Crippen LogP contribution is -2.13. The first-order valence-electron chi connectivity index (χ1n) is 5.34. The molecule has 18 heavy (non-hydrogen) atoms. The van der Waals surface area contributed by atoms with Crippen molar-refractivity contribution in [3.63, 3.8) is 0 Å². The maximum Gasteiger partial charge on any atom is 0.378 e. The number of hydrogen-bond donors (Lipinski definition) is 1. The number of carbonyl (C=O) groups is 2. The van der Waals surface area contributed by atoms with E-state index in [9.17, 15) is 14.7 Å². The van der Waals surface area contributed by atoms with Crippen molar-refractivity contribution in [3.05, 3.63) is 35.9 Å². The Balaban J connectivity index is 2.83. The van der Waals surface area contributed by atoms with E-state index in [1.165, 1.54) is 0 Å². The highest BCUT2D eigenvalue weighted by molar-refractivity contribution is 6.39. The zero-order valence-corrected chi connectivity index (χ0v) is 10.2. The maximum absolute atomic E-state index is 11.2. The molecule has 1 rings (SSSR count). The highest BCUT2D eigenvalue weighted by Gasteiger charge is 2.12. The quantitative estimate of drug-likeness (QED) is 0.373. The van der Waals surface area contributed by atoms with Gasteiger partial charge in [-0.1, -0.05) is 0 Å². The van der Waals surface area contributed by atoms with E-state index < -0.39 is 11.8 Å². The lowest BCUT2D eigenvalue weighted by molar-refractivity contribution is -0.149. The SMILES string of the molecule is CCOc1ccc(C(O)=CC(=O)C(=O)OC)cc1. The lowest BCUT2D eigenvalue weighted by atomic mass is 10.1. The summed E-state index contributed by atoms with van der Waals surface area (Å²) in [5.41, 5.74) is 0.413. The van der Waals surface area contributed by atoms with Crippen LogP contribution in [0.4, 0.5) is 0 Å². The molecule has 0 saturated heterocycles. The van der Waals surface area contributed by atoms with Gasteiger partial charge in [0.1, 0.15) is 11.5 Å². The topological polar surface area (TPSA) is 72.8 Å². The normalized spacial score (nSPS) is 10.9. The number of rotatable bonds is 5. The van der Waals surface area contributed by atoms with Crippen LogP contribution in [0.3, 0.4) is 0 Å². The molecule has 0 aliphatic heterocycles. The first-order valence-corrected chi connectivity index (χ1v) is 5.34. The van der Waals surface area contributed by atoms with Gasteiger partial charge in [0, 0.05) is 11.6 Å². The third kappa shape index (κ3) is 3.62. The molecule has 0 spiro atoms. The Bertz CT molecular complexity index is 459. The molecule has 0 fully saturated rings. The van der Waals surface area contributed by atoms with E-state index in [2.05, 4.69) is 4.74 Å². The minimum absolute atomic E-state index is 0.298. The number of hydrogen-bond acceptors (Lipinski definition) is 5. The Morgan fingerprint density at radius 3 is 2.39 bits per heavy atom. The predicted molar refractivity (Wildman–Crippen MR) is 65.2 cm³/mol. The summed E-state index contributed by atoms with van der Waals surface area (Å²) in [4.78, 5) is 22.1. The summed E-state index contributed by atoms with van der Waals surface area (Å²) in [7, 11) is 1.10. The summed E-state index contributed by atoms with van der Waals surface area (Å²) in [6.07, 6.45) is 0.821. The van der Waals surface area contributed by atoms with Crippen LogP contribution in [0.5, 0.6) is 5.75 Å². The molecular weight excluding hydrogens is 236 g/mol. The van der Waals surface area contributed by atoms with Crippen LogP contribution in [0.1, 0.15) is 12.5 Å². The molecular formula is C13H14O5. The van der Waals surface area contributed by atoms with E-state index in [1.54, 1.807) is 24.3 Å². The van der Waals surface area contributed by atoms with Gasteiger partial charge < -0.3 is 14.6 Å². The van der Waals surface area contributed by atoms with Gasteiger partial charge in [-0.05, 0) is 31.2 Å². The molecule has 5 heteroatoms. The van der Waals surface area contributed by atoms with Crippen molar-refractivity contribution in [2.24, 2.45) is 0 Å². The summed E-state index contributed by atoms with van der Waals surface area (Å²) in [5.74, 6) is -1.57. The molecule has 0 aromatic heterocycles. The molecule has 96 valence electrons. The number of esters is 1. The van der Waals surface area contributed by atoms with Gasteiger partial charge in [0.05, 0.1) is 13.7 Å². The van der Waals surface area contributed by atoms with Gasteiger partial charge in [0.15, 0.2) is 0 Å². The van der Waals surface area contributed by atoms with Crippen LogP contribution in [0.15, 0.2) is 30.3 Å². The Kier molecular flexibility index (Phi) is 4.92. The van der Waals surface area contributed by atoms with E-state index in [0.29, 0.717) is 17.9 Å². The number of ether oxygens (including phenoxy) is 2. The van der Waals surface area contributed by atoms with E-state index in [4.69, 9.17) is 4.74 Å². The van der Waals surface area contributed by atoms with Gasteiger partial charge in [0.2, 0.25) is 0 Å². The molecule has 0 heterocycles. The summed E-state index contributed by atoms with van der Waals surface area (Å²) >= 11 is 0. The van der Waals surface area contributed by atoms with Crippen molar-refractivity contribution in [3.8, 4) is 5.75 Å². The second-order valence-corrected chi connectivity index (χ2v) is 3.34. The molecule has 1 aromatic carbocycles. The maximum atomic E-state index is 11.2. The fourth-order valence-corrected chi connectivity index (χ4v) is 1.26. The number of aliphatic hydroxyl groups is 1. The standard InChI is InChI=1S/C13H14O5/c1-3-18-10-6-4-9(5-7-10)11(14)8-12(15)13(16)17-2/h4-8,14H,3H2,1-2H3. The highest BCUT2D eigenvalue weighted by atomic mass is 16.5. The molecule has 0 aliphatic carbocycles. The molecule has 0 radical (unpaired) electrons. The lowest BCUT2D eigenvalue weighted by Gasteiger charge is -2.04. The summed E-state index contributed by atoms with van der Waals surface area (Å²) in [6.45, 7) is 2.41. The van der Waals surface area contributed by atoms with Gasteiger partial charge in [-0.2, -0.15) is 0 Å². The molecule has 0 atom stereocenters. The Morgan fingerprint density at radius 2 is 1.89 bits per heavy atom. The second-order valence-electron chi connectivity index (χ2n) is 3.34. The zero-order chi connectivity index (χ0) is 13.5. The zero-order valence-electron chi connectivity index (χ0n) is 10.2. The van der Waals surface area contributed by atoms with Crippen LogP contribution < -0.4 is 4.74 Å². The largest absolute Gasteiger partial charge is 0.507 e. The summed E-state index contributed by atoms with van der Waals surface area (Å²) in [5, 5.41) is 9.65. The first kappa shape index (κ1) is 13.8. The van der Waals surface area contributed by atoms with Crippen molar-refractivity contribution < 1.29 is 24.2 Å². The van der Waals surface area contributed by atoms with E-state index in [0.717, 1.165) is 13.2 Å². The van der Waals surface area contributed by atoms with E-state index in [-0.39, 0.29) is 5.76 Å². The van der Waals surface area contributed by atoms with Crippen molar-refractivity contribution in [2.45, 2.75) is 6.92 Å². The van der Waals surface area contributed by atoms with Crippen LogP contribution in [0.25, 0.3) is 5.76 Å². The van der Waals surface area contributed by atoms with Crippen LogP contribution in [0.2, 0.25) is 0 Å². The fourth-order valence-electron chi connectivity index (χ4n) is 1.26. The monoisotopic (exact) mass is 250 g/mol. The predicted octanol–water partition coefficient (Wildman–Crippen LogP) is 1.73. The van der Waals surface area contributed by atoms with Gasteiger partial charge >= 0.3 is 5.97 Å². The van der Waals surface area contributed by atoms with Crippen LogP contribution >= 0.6 is 0 Å². The number of ketones is 1. The average molecular weight is 250 g/mol. The van der Waals surface area contributed by atoms with Gasteiger partial charge in [-0.25, -0.2) is 4.79 Å². The van der Waals surface area contributed by atoms with Crippen molar-refractivity contribution in [1.82, 2.24) is 0 Å². The van der Waals surface area contributed by atoms with Crippen molar-refractivity contribution in [2.75, 3.05) is 13.7 Å². The first-order chi connectivity index (χ1) is 8.58. The smallest absolute Gasteiger partial charge is 0.378 e. The molecule has 0 bridgehead atoms. The highest BCUT2D eigenvalue weighted by Crippen LogP contribution is 2.17. The van der Waals surface area contributed by atoms with E-state index in [1.807, 2.05) is 6.92 Å². The second kappa shape index (κ2) is 6.44. The molecule has 1 N–H and O–H groups in total. The Labute approximate surface area is 105 Å². The molecule has 5 nitrogen and oxygen atoms in total. The summed E-state index contributed by atoms with van der Waals surface area (Å²) < 4.78 is 9.47. The molecule has 0 aliphatic rings. The average Bonchev–Trinajstić information content (AvgIpc) is 2.38. The number of methoxy groups -OCH3 is 1. The van der Waals surface area contributed by atoms with E-state index >= 15 is 0 Å². The Hall–Kier alpha value is -2.30. The van der Waals surface area contributed by atoms with Crippen LogP contribution in [-0.4, -0.2) is 30.6 Å². The van der Waals surface area contributed by atoms with Gasteiger partial charge in [-0.3, -0.25) is 4.79 Å². The number of carbonyl (C=O) groups excluding carboxylic acids is 2. The van der Waals surface area contributed by atoms with Gasteiger partial charge in [-0.15, -0.1) is 0 Å². The minimum Gasteiger partial charge on any atom is -0.507 e. The van der Waals surface area contributed by atoms with Crippen LogP contribution in [0, 0.1) is 0 Å². The molecule has 0 saturated carbocycles. The molecule has 1 aromatic rings. The number of aliphatic hydroxyl groups excluding tert-OH is 1. The third-order valence-corrected chi connectivity index (χ3v) is 2.12.